The number of Topliss-reactive ketones (excluding diaryl/α,β-unsaturated/α-hetero) is 1. The minimum atomic E-state index is -0.0772. The molecule has 1 spiro atoms. The van der Waals surface area contributed by atoms with Gasteiger partial charge < -0.3 is 5.11 Å². The minimum Gasteiger partial charge on any atom is -0.393 e. The molecule has 4 saturated carbocycles. The molecule has 0 amide bonds. The number of fused-ring (bicyclic) bond motifs is 3. The predicted molar refractivity (Wildman–Crippen MR) is 93.0 cm³/mol. The zero-order valence-corrected chi connectivity index (χ0v) is 15.8. The number of rotatable bonds is 0. The molecule has 0 radical (unpaired) electrons. The number of aliphatic hydroxyl groups excluding tert-OH is 1. The first kappa shape index (κ1) is 15.1. The van der Waals surface area contributed by atoms with E-state index in [2.05, 4.69) is 29.8 Å². The summed E-state index contributed by atoms with van der Waals surface area (Å²) >= 11 is 3.64. The van der Waals surface area contributed by atoms with Crippen molar-refractivity contribution in [2.24, 2.45) is 34.0 Å². The highest BCUT2D eigenvalue weighted by Gasteiger charge is 2.77. The van der Waals surface area contributed by atoms with E-state index < -0.39 is 0 Å². The largest absolute Gasteiger partial charge is 0.393 e. The Kier molecular flexibility index (Phi) is 2.85. The maximum absolute atomic E-state index is 12.2. The van der Waals surface area contributed by atoms with Crippen LogP contribution in [0.4, 0.5) is 0 Å². The number of ketones is 1. The van der Waals surface area contributed by atoms with Gasteiger partial charge in [0.1, 0.15) is 0 Å². The van der Waals surface area contributed by atoms with Crippen molar-refractivity contribution in [2.75, 3.05) is 0 Å². The standard InChI is InChI=1S/C20H27BrO2/c1-18-7-6-15(22)17(21)14(18)4-3-13-12(18)5-8-19(2)16(23)9-11-10-20(11,13)19/h11-13,16,23H,3-10H2,1-2H3/t11-,12-,13+,16+,18+,19+,20+/m0/s1. The molecule has 0 saturated heterocycles. The van der Waals surface area contributed by atoms with Gasteiger partial charge in [-0.05, 0) is 100 Å². The summed E-state index contributed by atoms with van der Waals surface area (Å²) in [6.45, 7) is 4.82. The number of halogens is 1. The highest BCUT2D eigenvalue weighted by molar-refractivity contribution is 9.12. The Hall–Kier alpha value is -0.150. The Balaban J connectivity index is 1.59. The van der Waals surface area contributed by atoms with Gasteiger partial charge in [0, 0.05) is 6.42 Å². The molecule has 3 heteroatoms. The normalized spacial score (nSPS) is 57.5. The Labute approximate surface area is 147 Å². The van der Waals surface area contributed by atoms with Crippen molar-refractivity contribution in [3.63, 3.8) is 0 Å². The lowest BCUT2D eigenvalue weighted by atomic mass is 9.45. The molecular weight excluding hydrogens is 352 g/mol. The highest BCUT2D eigenvalue weighted by atomic mass is 79.9. The van der Waals surface area contributed by atoms with Crippen LogP contribution in [0.3, 0.4) is 0 Å². The molecule has 5 rings (SSSR count). The van der Waals surface area contributed by atoms with E-state index in [-0.39, 0.29) is 16.9 Å². The monoisotopic (exact) mass is 378 g/mol. The van der Waals surface area contributed by atoms with Gasteiger partial charge in [0.05, 0.1) is 10.6 Å². The summed E-state index contributed by atoms with van der Waals surface area (Å²) in [7, 11) is 0. The van der Waals surface area contributed by atoms with E-state index in [4.69, 9.17) is 0 Å². The summed E-state index contributed by atoms with van der Waals surface area (Å²) < 4.78 is 0.911. The van der Waals surface area contributed by atoms with E-state index >= 15 is 0 Å². The molecule has 126 valence electrons. The molecule has 2 nitrogen and oxygen atoms in total. The predicted octanol–water partition coefficient (Wildman–Crippen LogP) is 4.60. The Morgan fingerprint density at radius 2 is 1.91 bits per heavy atom. The fourth-order valence-corrected chi connectivity index (χ4v) is 8.70. The second kappa shape index (κ2) is 4.33. The first-order valence-corrected chi connectivity index (χ1v) is 10.2. The third-order valence-corrected chi connectivity index (χ3v) is 10.1. The van der Waals surface area contributed by atoms with Crippen LogP contribution in [0.15, 0.2) is 10.1 Å². The lowest BCUT2D eigenvalue weighted by molar-refractivity contribution is -0.120. The third-order valence-electron chi connectivity index (χ3n) is 9.18. The van der Waals surface area contributed by atoms with E-state index in [0.29, 0.717) is 17.6 Å². The molecule has 0 aliphatic heterocycles. The van der Waals surface area contributed by atoms with Gasteiger partial charge in [-0.1, -0.05) is 13.8 Å². The summed E-state index contributed by atoms with van der Waals surface area (Å²) in [5.41, 5.74) is 2.23. The number of allylic oxidation sites excluding steroid dienone is 1. The molecule has 1 N–H and O–H groups in total. The zero-order valence-electron chi connectivity index (χ0n) is 14.2. The molecular formula is C20H27BrO2. The van der Waals surface area contributed by atoms with Crippen LogP contribution in [0.25, 0.3) is 0 Å². The summed E-state index contributed by atoms with van der Waals surface area (Å²) in [6.07, 6.45) is 8.81. The van der Waals surface area contributed by atoms with E-state index in [1.807, 2.05) is 0 Å². The lowest BCUT2D eigenvalue weighted by Gasteiger charge is -2.59. The van der Waals surface area contributed by atoms with Gasteiger partial charge in [0.25, 0.3) is 0 Å². The number of hydrogen-bond donors (Lipinski definition) is 1. The summed E-state index contributed by atoms with van der Waals surface area (Å²) in [5, 5.41) is 10.7. The molecule has 7 atom stereocenters. The van der Waals surface area contributed by atoms with Crippen molar-refractivity contribution in [1.29, 1.82) is 0 Å². The van der Waals surface area contributed by atoms with Crippen molar-refractivity contribution in [2.45, 2.75) is 71.3 Å². The fraction of sp³-hybridized carbons (Fsp3) is 0.850. The molecule has 5 aliphatic rings. The second-order valence-corrected chi connectivity index (χ2v) is 10.3. The number of aliphatic hydroxyl groups is 1. The van der Waals surface area contributed by atoms with Crippen LogP contribution in [0.1, 0.15) is 65.2 Å². The second-order valence-electron chi connectivity index (χ2n) is 9.53. The quantitative estimate of drug-likeness (QED) is 0.668. The van der Waals surface area contributed by atoms with E-state index in [9.17, 15) is 9.90 Å². The molecule has 4 fully saturated rings. The highest BCUT2D eigenvalue weighted by Crippen LogP contribution is 2.82. The maximum atomic E-state index is 12.2. The first-order valence-electron chi connectivity index (χ1n) is 9.45. The molecule has 0 aromatic heterocycles. The molecule has 0 heterocycles. The van der Waals surface area contributed by atoms with E-state index in [1.165, 1.54) is 31.3 Å². The molecule has 0 aromatic carbocycles. The lowest BCUT2D eigenvalue weighted by Crippen LogP contribution is -2.53. The minimum absolute atomic E-state index is 0.0772. The summed E-state index contributed by atoms with van der Waals surface area (Å²) in [6, 6.07) is 0. The van der Waals surface area contributed by atoms with Gasteiger partial charge in [-0.3, -0.25) is 4.79 Å². The third kappa shape index (κ3) is 1.54. The number of carbonyl (C=O) groups is 1. The first-order chi connectivity index (χ1) is 10.8. The van der Waals surface area contributed by atoms with Crippen molar-refractivity contribution in [1.82, 2.24) is 0 Å². The van der Waals surface area contributed by atoms with Crippen LogP contribution in [-0.4, -0.2) is 17.0 Å². The fourth-order valence-electron chi connectivity index (χ4n) is 7.85. The van der Waals surface area contributed by atoms with E-state index in [0.717, 1.165) is 41.5 Å². The van der Waals surface area contributed by atoms with E-state index in [1.54, 1.807) is 0 Å². The molecule has 0 aromatic rings. The van der Waals surface area contributed by atoms with Crippen LogP contribution in [0.5, 0.6) is 0 Å². The summed E-state index contributed by atoms with van der Waals surface area (Å²) in [4.78, 5) is 12.2. The molecule has 0 unspecified atom stereocenters. The molecule has 5 aliphatic carbocycles. The average Bonchev–Trinajstić information content (AvgIpc) is 3.17. The van der Waals surface area contributed by atoms with Crippen LogP contribution in [-0.2, 0) is 4.79 Å². The van der Waals surface area contributed by atoms with Crippen LogP contribution in [0.2, 0.25) is 0 Å². The van der Waals surface area contributed by atoms with Gasteiger partial charge in [0.2, 0.25) is 0 Å². The topological polar surface area (TPSA) is 37.3 Å². The van der Waals surface area contributed by atoms with Crippen molar-refractivity contribution in [3.05, 3.63) is 10.1 Å². The average molecular weight is 379 g/mol. The maximum Gasteiger partial charge on any atom is 0.169 e. The summed E-state index contributed by atoms with van der Waals surface area (Å²) in [5.74, 6) is 2.58. The Bertz CT molecular complexity index is 640. The van der Waals surface area contributed by atoms with Gasteiger partial charge in [-0.15, -0.1) is 0 Å². The smallest absolute Gasteiger partial charge is 0.169 e. The van der Waals surface area contributed by atoms with Crippen LogP contribution >= 0.6 is 15.9 Å². The van der Waals surface area contributed by atoms with Crippen molar-refractivity contribution >= 4 is 21.7 Å². The molecule has 23 heavy (non-hydrogen) atoms. The Morgan fingerprint density at radius 1 is 1.13 bits per heavy atom. The van der Waals surface area contributed by atoms with Gasteiger partial charge in [-0.25, -0.2) is 0 Å². The zero-order chi connectivity index (χ0) is 16.2. The number of hydrogen-bond acceptors (Lipinski definition) is 2. The van der Waals surface area contributed by atoms with Crippen molar-refractivity contribution in [3.8, 4) is 0 Å². The number of carbonyl (C=O) groups excluding carboxylic acids is 1. The Morgan fingerprint density at radius 3 is 2.70 bits per heavy atom. The van der Waals surface area contributed by atoms with Crippen molar-refractivity contribution < 1.29 is 9.90 Å². The van der Waals surface area contributed by atoms with Gasteiger partial charge >= 0.3 is 0 Å². The van der Waals surface area contributed by atoms with Gasteiger partial charge in [-0.2, -0.15) is 0 Å². The van der Waals surface area contributed by atoms with Crippen LogP contribution < -0.4 is 0 Å². The van der Waals surface area contributed by atoms with Crippen LogP contribution in [0, 0.1) is 34.0 Å². The SMILES string of the molecule is C[C@]12CCC(=O)C(Br)=C1CC[C@@H]1[C@@H]2CC[C@]2(C)[C@H](O)C[C@H]3C[C@@]312. The molecule has 0 bridgehead atoms. The van der Waals surface area contributed by atoms with Gasteiger partial charge in [0.15, 0.2) is 5.78 Å².